The number of hydrogen-bond acceptors (Lipinski definition) is 6. The summed E-state index contributed by atoms with van der Waals surface area (Å²) in [6, 6.07) is 8.71. The summed E-state index contributed by atoms with van der Waals surface area (Å²) in [7, 11) is 0. The zero-order valence-corrected chi connectivity index (χ0v) is 16.0. The van der Waals surface area contributed by atoms with E-state index in [1.165, 1.54) is 4.88 Å². The van der Waals surface area contributed by atoms with Crippen LogP contribution >= 0.6 is 22.7 Å². The van der Waals surface area contributed by atoms with E-state index in [0.717, 1.165) is 59.9 Å². The van der Waals surface area contributed by atoms with Crippen LogP contribution in [-0.4, -0.2) is 35.0 Å². The van der Waals surface area contributed by atoms with Crippen LogP contribution in [0.15, 0.2) is 29.6 Å². The third kappa shape index (κ3) is 3.21. The van der Waals surface area contributed by atoms with Gasteiger partial charge in [-0.3, -0.25) is 4.79 Å². The van der Waals surface area contributed by atoms with Crippen molar-refractivity contribution in [1.82, 2.24) is 15.3 Å². The number of rotatable bonds is 4. The minimum atomic E-state index is 0.157. The highest BCUT2D eigenvalue weighted by molar-refractivity contribution is 7.21. The lowest BCUT2D eigenvalue weighted by Gasteiger charge is -2.30. The van der Waals surface area contributed by atoms with Crippen molar-refractivity contribution in [3.8, 4) is 10.6 Å². The molecule has 1 aliphatic carbocycles. The first-order valence-corrected chi connectivity index (χ1v) is 10.8. The van der Waals surface area contributed by atoms with Gasteiger partial charge in [0.2, 0.25) is 5.91 Å². The van der Waals surface area contributed by atoms with E-state index in [0.29, 0.717) is 6.04 Å². The number of nitrogens with zero attached hydrogens (tertiary/aromatic N) is 3. The predicted molar refractivity (Wildman–Crippen MR) is 107 cm³/mol. The molecule has 2 fully saturated rings. The average Bonchev–Trinajstić information content (AvgIpc) is 3.16. The summed E-state index contributed by atoms with van der Waals surface area (Å²) in [6.45, 7) is 1.78. The van der Waals surface area contributed by atoms with E-state index in [-0.39, 0.29) is 11.8 Å². The highest BCUT2D eigenvalue weighted by Crippen LogP contribution is 2.33. The lowest BCUT2D eigenvalue weighted by Crippen LogP contribution is -2.41. The van der Waals surface area contributed by atoms with Gasteiger partial charge in [-0.2, -0.15) is 0 Å². The van der Waals surface area contributed by atoms with Gasteiger partial charge in [0, 0.05) is 25.0 Å². The molecule has 2 aliphatic rings. The number of hydrogen-bond donors (Lipinski definition) is 1. The molecule has 4 heterocycles. The molecule has 5 rings (SSSR count). The Bertz CT molecular complexity index is 924. The third-order valence-corrected chi connectivity index (χ3v) is 7.00. The van der Waals surface area contributed by atoms with Gasteiger partial charge in [0.05, 0.1) is 10.6 Å². The molecule has 0 spiro atoms. The third-order valence-electron chi connectivity index (χ3n) is 5.08. The van der Waals surface area contributed by atoms with Gasteiger partial charge in [-0.1, -0.05) is 17.4 Å². The Morgan fingerprint density at radius 3 is 2.69 bits per heavy atom. The zero-order chi connectivity index (χ0) is 17.5. The van der Waals surface area contributed by atoms with Gasteiger partial charge in [-0.05, 0) is 49.3 Å². The van der Waals surface area contributed by atoms with Crippen molar-refractivity contribution in [2.24, 2.45) is 5.92 Å². The topological polar surface area (TPSA) is 58.1 Å². The van der Waals surface area contributed by atoms with Crippen LogP contribution in [0.1, 0.15) is 25.7 Å². The van der Waals surface area contributed by atoms with Crippen LogP contribution in [-0.2, 0) is 4.79 Å². The molecule has 26 heavy (non-hydrogen) atoms. The van der Waals surface area contributed by atoms with Gasteiger partial charge in [-0.15, -0.1) is 11.3 Å². The second-order valence-corrected chi connectivity index (χ2v) is 8.94. The molecule has 1 amide bonds. The van der Waals surface area contributed by atoms with Gasteiger partial charge in [0.25, 0.3) is 0 Å². The van der Waals surface area contributed by atoms with Crippen LogP contribution in [0.3, 0.4) is 0 Å². The van der Waals surface area contributed by atoms with Gasteiger partial charge in [-0.25, -0.2) is 9.97 Å². The molecule has 1 N–H and O–H groups in total. The first-order valence-electron chi connectivity index (χ1n) is 9.13. The molecule has 0 radical (unpaired) electrons. The quantitative estimate of drug-likeness (QED) is 0.741. The molecule has 0 bridgehead atoms. The number of carbonyl (C=O) groups is 1. The molecule has 0 atom stereocenters. The first kappa shape index (κ1) is 16.2. The van der Waals surface area contributed by atoms with E-state index in [1.54, 1.807) is 22.7 Å². The molecular formula is C19H20N4OS2. The van der Waals surface area contributed by atoms with E-state index in [2.05, 4.69) is 27.7 Å². The number of piperidine rings is 1. The Hall–Kier alpha value is -1.99. The van der Waals surface area contributed by atoms with E-state index in [1.807, 2.05) is 12.1 Å². The number of nitrogens with one attached hydrogen (secondary N) is 1. The number of aromatic nitrogens is 2. The zero-order valence-electron chi connectivity index (χ0n) is 14.4. The average molecular weight is 385 g/mol. The predicted octanol–water partition coefficient (Wildman–Crippen LogP) is 3.91. The van der Waals surface area contributed by atoms with Crippen LogP contribution in [0.5, 0.6) is 0 Å². The van der Waals surface area contributed by atoms with Crippen molar-refractivity contribution in [2.45, 2.75) is 31.7 Å². The number of anilines is 1. The standard InChI is InChI=1S/C19H20N4OS2/c24-17(20-13-3-4-13)12-7-9-23(10-8-12)19-22-15-6-5-14(21-18(15)26-19)16-2-1-11-25-16/h1-2,5-6,11-13H,3-4,7-10H2,(H,20,24). The molecule has 1 saturated carbocycles. The summed E-state index contributed by atoms with van der Waals surface area (Å²) < 4.78 is 0. The van der Waals surface area contributed by atoms with Crippen LogP contribution < -0.4 is 10.2 Å². The highest BCUT2D eigenvalue weighted by atomic mass is 32.1. The van der Waals surface area contributed by atoms with E-state index in [9.17, 15) is 4.79 Å². The molecule has 1 saturated heterocycles. The maximum absolute atomic E-state index is 12.2. The minimum absolute atomic E-state index is 0.157. The molecule has 3 aromatic heterocycles. The van der Waals surface area contributed by atoms with Crippen molar-refractivity contribution < 1.29 is 4.79 Å². The highest BCUT2D eigenvalue weighted by Gasteiger charge is 2.30. The molecule has 5 nitrogen and oxygen atoms in total. The summed E-state index contributed by atoms with van der Waals surface area (Å²) in [5, 5.41) is 6.24. The second kappa shape index (κ2) is 6.63. The first-order chi connectivity index (χ1) is 12.8. The number of thiazole rings is 1. The van der Waals surface area contributed by atoms with Crippen molar-refractivity contribution in [3.63, 3.8) is 0 Å². The monoisotopic (exact) mass is 384 g/mol. The summed E-state index contributed by atoms with van der Waals surface area (Å²) in [4.78, 5) is 26.3. The number of carbonyl (C=O) groups excluding carboxylic acids is 1. The van der Waals surface area contributed by atoms with Crippen molar-refractivity contribution in [2.75, 3.05) is 18.0 Å². The number of pyridine rings is 1. The van der Waals surface area contributed by atoms with Crippen molar-refractivity contribution in [1.29, 1.82) is 0 Å². The Balaban J connectivity index is 1.29. The Labute approximate surface area is 160 Å². The van der Waals surface area contributed by atoms with Crippen LogP contribution in [0.4, 0.5) is 5.13 Å². The van der Waals surface area contributed by atoms with Crippen LogP contribution in [0, 0.1) is 5.92 Å². The van der Waals surface area contributed by atoms with Crippen LogP contribution in [0.25, 0.3) is 20.9 Å². The summed E-state index contributed by atoms with van der Waals surface area (Å²) in [6.07, 6.45) is 4.11. The van der Waals surface area contributed by atoms with Crippen molar-refractivity contribution in [3.05, 3.63) is 29.6 Å². The summed E-state index contributed by atoms with van der Waals surface area (Å²) in [5.41, 5.74) is 1.97. The Morgan fingerprint density at radius 1 is 1.12 bits per heavy atom. The fourth-order valence-corrected chi connectivity index (χ4v) is 5.07. The van der Waals surface area contributed by atoms with E-state index in [4.69, 9.17) is 9.97 Å². The van der Waals surface area contributed by atoms with E-state index < -0.39 is 0 Å². The lowest BCUT2D eigenvalue weighted by molar-refractivity contribution is -0.125. The van der Waals surface area contributed by atoms with Gasteiger partial charge >= 0.3 is 0 Å². The SMILES string of the molecule is O=C(NC1CC1)C1CCN(c2nc3ccc(-c4cccs4)nc3s2)CC1. The molecule has 0 aromatic carbocycles. The fourth-order valence-electron chi connectivity index (χ4n) is 3.38. The van der Waals surface area contributed by atoms with Gasteiger partial charge in [0.15, 0.2) is 5.13 Å². The number of thiophene rings is 1. The van der Waals surface area contributed by atoms with Crippen molar-refractivity contribution >= 4 is 44.1 Å². The van der Waals surface area contributed by atoms with E-state index >= 15 is 0 Å². The second-order valence-electron chi connectivity index (χ2n) is 7.04. The van der Waals surface area contributed by atoms with Gasteiger partial charge in [0.1, 0.15) is 10.3 Å². The normalized spacial score (nSPS) is 18.4. The molecule has 1 aliphatic heterocycles. The molecule has 134 valence electrons. The molecule has 7 heteroatoms. The number of fused-ring (bicyclic) bond motifs is 1. The maximum Gasteiger partial charge on any atom is 0.223 e. The molecule has 3 aromatic rings. The Kier molecular flexibility index (Phi) is 4.13. The lowest BCUT2D eigenvalue weighted by atomic mass is 9.96. The summed E-state index contributed by atoms with van der Waals surface area (Å²) >= 11 is 3.36. The summed E-state index contributed by atoms with van der Waals surface area (Å²) in [5.74, 6) is 0.406. The molecular weight excluding hydrogens is 364 g/mol. The largest absolute Gasteiger partial charge is 0.353 e. The fraction of sp³-hybridized carbons (Fsp3) is 0.421. The minimum Gasteiger partial charge on any atom is -0.353 e. The maximum atomic E-state index is 12.2. The Morgan fingerprint density at radius 2 is 1.96 bits per heavy atom. The van der Waals surface area contributed by atoms with Crippen LogP contribution in [0.2, 0.25) is 0 Å². The smallest absolute Gasteiger partial charge is 0.223 e. The molecule has 0 unspecified atom stereocenters. The number of amides is 1. The van der Waals surface area contributed by atoms with Gasteiger partial charge < -0.3 is 10.2 Å².